The molecule has 3 aromatic carbocycles. The number of aromatic nitrogens is 1. The molecule has 1 amide bonds. The molecule has 0 radical (unpaired) electrons. The predicted octanol–water partition coefficient (Wildman–Crippen LogP) is 5.41. The molecule has 1 aromatic heterocycles. The molecule has 0 aliphatic rings. The maximum atomic E-state index is 12.5. The second kappa shape index (κ2) is 8.83. The Morgan fingerprint density at radius 2 is 1.74 bits per heavy atom. The van der Waals surface area contributed by atoms with Crippen LogP contribution in [-0.2, 0) is 9.53 Å². The highest BCUT2D eigenvalue weighted by atomic mass is 16.5. The van der Waals surface area contributed by atoms with Gasteiger partial charge in [-0.05, 0) is 41.8 Å². The molecule has 0 aliphatic carbocycles. The van der Waals surface area contributed by atoms with Crippen LogP contribution in [0.25, 0.3) is 22.2 Å². The van der Waals surface area contributed by atoms with Crippen molar-refractivity contribution in [1.82, 2.24) is 5.16 Å². The summed E-state index contributed by atoms with van der Waals surface area (Å²) in [5.74, 6) is -0.00203. The minimum absolute atomic E-state index is 0.321. The number of carbonyl (C=O) groups is 2. The smallest absolute Gasteiger partial charge is 0.338 e. The number of anilines is 1. The van der Waals surface area contributed by atoms with Gasteiger partial charge in [-0.2, -0.15) is 0 Å². The van der Waals surface area contributed by atoms with Crippen molar-refractivity contribution in [1.29, 1.82) is 0 Å². The van der Waals surface area contributed by atoms with Crippen molar-refractivity contribution in [2.75, 3.05) is 11.9 Å². The van der Waals surface area contributed by atoms with Crippen molar-refractivity contribution < 1.29 is 18.8 Å². The molecule has 0 spiro atoms. The minimum Gasteiger partial charge on any atom is -0.452 e. The lowest BCUT2D eigenvalue weighted by atomic mass is 10.0. The molecule has 4 rings (SSSR count). The number of nitrogens with one attached hydrogen (secondary N) is 1. The fourth-order valence-electron chi connectivity index (χ4n) is 3.23. The van der Waals surface area contributed by atoms with Gasteiger partial charge in [0.15, 0.2) is 12.4 Å². The maximum Gasteiger partial charge on any atom is 0.338 e. The topological polar surface area (TPSA) is 81.4 Å². The summed E-state index contributed by atoms with van der Waals surface area (Å²) in [6.45, 7) is 3.83. The van der Waals surface area contributed by atoms with Gasteiger partial charge in [-0.3, -0.25) is 4.79 Å². The van der Waals surface area contributed by atoms with E-state index in [1.807, 2.05) is 54.6 Å². The molecule has 156 valence electrons. The van der Waals surface area contributed by atoms with Crippen LogP contribution in [0.2, 0.25) is 0 Å². The van der Waals surface area contributed by atoms with Crippen LogP contribution >= 0.6 is 0 Å². The number of ether oxygens (including phenoxy) is 1. The van der Waals surface area contributed by atoms with E-state index in [2.05, 4.69) is 24.3 Å². The zero-order valence-electron chi connectivity index (χ0n) is 17.3. The van der Waals surface area contributed by atoms with Gasteiger partial charge in [0, 0.05) is 11.3 Å². The summed E-state index contributed by atoms with van der Waals surface area (Å²) < 4.78 is 10.7. The van der Waals surface area contributed by atoms with E-state index in [1.54, 1.807) is 18.2 Å². The molecule has 31 heavy (non-hydrogen) atoms. The number of amides is 1. The number of benzene rings is 3. The Balaban J connectivity index is 1.42. The average molecular weight is 414 g/mol. The van der Waals surface area contributed by atoms with Crippen LogP contribution in [0.5, 0.6) is 0 Å². The van der Waals surface area contributed by atoms with Gasteiger partial charge < -0.3 is 14.6 Å². The fourth-order valence-corrected chi connectivity index (χ4v) is 3.23. The van der Waals surface area contributed by atoms with Gasteiger partial charge in [0.1, 0.15) is 5.52 Å². The summed E-state index contributed by atoms with van der Waals surface area (Å²) in [5, 5.41) is 7.48. The van der Waals surface area contributed by atoms with Crippen molar-refractivity contribution >= 4 is 28.5 Å². The summed E-state index contributed by atoms with van der Waals surface area (Å²) >= 11 is 0. The maximum absolute atomic E-state index is 12.5. The molecule has 1 heterocycles. The lowest BCUT2D eigenvalue weighted by Gasteiger charge is -2.09. The third kappa shape index (κ3) is 4.64. The predicted molar refractivity (Wildman–Crippen MR) is 119 cm³/mol. The van der Waals surface area contributed by atoms with E-state index in [0.29, 0.717) is 33.8 Å². The third-order valence-corrected chi connectivity index (χ3v) is 4.94. The summed E-state index contributed by atoms with van der Waals surface area (Å²) in [7, 11) is 0. The van der Waals surface area contributed by atoms with Crippen LogP contribution in [0.4, 0.5) is 5.69 Å². The Morgan fingerprint density at radius 3 is 2.45 bits per heavy atom. The number of fused-ring (bicyclic) bond motifs is 1. The van der Waals surface area contributed by atoms with Crippen LogP contribution in [0, 0.1) is 0 Å². The van der Waals surface area contributed by atoms with Gasteiger partial charge in [-0.15, -0.1) is 0 Å². The Labute approximate surface area is 179 Å². The normalized spacial score (nSPS) is 10.9. The van der Waals surface area contributed by atoms with Crippen LogP contribution in [0.3, 0.4) is 0 Å². The number of esters is 1. The average Bonchev–Trinajstić information content (AvgIpc) is 3.21. The van der Waals surface area contributed by atoms with E-state index in [0.717, 1.165) is 5.56 Å². The minimum atomic E-state index is -0.590. The van der Waals surface area contributed by atoms with E-state index >= 15 is 0 Å². The molecule has 0 bridgehead atoms. The molecule has 6 heteroatoms. The van der Waals surface area contributed by atoms with Gasteiger partial charge in [0.05, 0.1) is 10.9 Å². The first-order valence-corrected chi connectivity index (χ1v) is 10.0. The van der Waals surface area contributed by atoms with E-state index in [1.165, 1.54) is 5.56 Å². The highest BCUT2D eigenvalue weighted by Gasteiger charge is 2.16. The van der Waals surface area contributed by atoms with Gasteiger partial charge in [-0.1, -0.05) is 61.5 Å². The standard InChI is InChI=1S/C25H22N2O4/c1-16(2)17-8-11-20(12-9-17)26-23(28)15-30-25(29)19-10-13-22-21(14-19)24(31-27-22)18-6-4-3-5-7-18/h3-14,16H,15H2,1-2H3,(H,26,28). The Morgan fingerprint density at radius 1 is 1.00 bits per heavy atom. The number of rotatable bonds is 6. The first-order chi connectivity index (χ1) is 15.0. The number of hydrogen-bond donors (Lipinski definition) is 1. The first-order valence-electron chi connectivity index (χ1n) is 10.0. The molecule has 6 nitrogen and oxygen atoms in total. The second-order valence-corrected chi connectivity index (χ2v) is 7.51. The van der Waals surface area contributed by atoms with Gasteiger partial charge >= 0.3 is 5.97 Å². The second-order valence-electron chi connectivity index (χ2n) is 7.51. The molecule has 0 fully saturated rings. The molecule has 0 aliphatic heterocycles. The van der Waals surface area contributed by atoms with E-state index in [-0.39, 0.29) is 6.61 Å². The number of nitrogens with zero attached hydrogens (tertiary/aromatic N) is 1. The third-order valence-electron chi connectivity index (χ3n) is 4.94. The highest BCUT2D eigenvalue weighted by Crippen LogP contribution is 2.29. The molecule has 0 atom stereocenters. The lowest BCUT2D eigenvalue weighted by Crippen LogP contribution is -2.20. The Bertz CT molecular complexity index is 1210. The molecule has 4 aromatic rings. The van der Waals surface area contributed by atoms with Gasteiger partial charge in [0.2, 0.25) is 0 Å². The van der Waals surface area contributed by atoms with Gasteiger partial charge in [0.25, 0.3) is 5.91 Å². The SMILES string of the molecule is CC(C)c1ccc(NC(=O)COC(=O)c2ccc3noc(-c4ccccc4)c3c2)cc1. The molecule has 0 saturated carbocycles. The van der Waals surface area contributed by atoms with Gasteiger partial charge in [-0.25, -0.2) is 4.79 Å². The van der Waals surface area contributed by atoms with Crippen LogP contribution in [0.15, 0.2) is 77.3 Å². The van der Waals surface area contributed by atoms with Crippen molar-refractivity contribution in [3.63, 3.8) is 0 Å². The summed E-state index contributed by atoms with van der Waals surface area (Å²) in [5.41, 5.74) is 3.66. The van der Waals surface area contributed by atoms with Crippen LogP contribution < -0.4 is 5.32 Å². The number of carbonyl (C=O) groups excluding carboxylic acids is 2. The van der Waals surface area contributed by atoms with E-state index in [9.17, 15) is 9.59 Å². The quantitative estimate of drug-likeness (QED) is 0.427. The fraction of sp³-hybridized carbons (Fsp3) is 0.160. The van der Waals surface area contributed by atoms with Crippen molar-refractivity contribution in [2.24, 2.45) is 0 Å². The van der Waals surface area contributed by atoms with Crippen molar-refractivity contribution in [3.8, 4) is 11.3 Å². The summed E-state index contributed by atoms with van der Waals surface area (Å²) in [6, 6.07) is 22.1. The molecular weight excluding hydrogens is 392 g/mol. The van der Waals surface area contributed by atoms with Crippen LogP contribution in [0.1, 0.15) is 35.7 Å². The Kier molecular flexibility index (Phi) is 5.80. The zero-order valence-corrected chi connectivity index (χ0v) is 17.3. The summed E-state index contributed by atoms with van der Waals surface area (Å²) in [4.78, 5) is 24.6. The largest absolute Gasteiger partial charge is 0.452 e. The zero-order chi connectivity index (χ0) is 21.8. The van der Waals surface area contributed by atoms with Crippen molar-refractivity contribution in [2.45, 2.75) is 19.8 Å². The van der Waals surface area contributed by atoms with E-state index in [4.69, 9.17) is 9.26 Å². The first kappa shape index (κ1) is 20.3. The molecule has 1 N–H and O–H groups in total. The number of hydrogen-bond acceptors (Lipinski definition) is 5. The van der Waals surface area contributed by atoms with Crippen LogP contribution in [-0.4, -0.2) is 23.6 Å². The molecular formula is C25H22N2O4. The lowest BCUT2D eigenvalue weighted by molar-refractivity contribution is -0.119. The van der Waals surface area contributed by atoms with Crippen molar-refractivity contribution in [3.05, 3.63) is 83.9 Å². The monoisotopic (exact) mass is 414 g/mol. The summed E-state index contributed by atoms with van der Waals surface area (Å²) in [6.07, 6.45) is 0. The van der Waals surface area contributed by atoms with E-state index < -0.39 is 11.9 Å². The highest BCUT2D eigenvalue weighted by molar-refractivity contribution is 6.00. The molecule has 0 unspecified atom stereocenters. The molecule has 0 saturated heterocycles. The Hall–Kier alpha value is -3.93.